The van der Waals surface area contributed by atoms with Gasteiger partial charge in [-0.25, -0.2) is 0 Å². The summed E-state index contributed by atoms with van der Waals surface area (Å²) in [6.07, 6.45) is 36.6. The number of hydrogen-bond donors (Lipinski definition) is 3. The molecule has 47 heavy (non-hydrogen) atoms. The van der Waals surface area contributed by atoms with Gasteiger partial charge in [-0.3, -0.25) is 9.59 Å². The molecule has 0 aliphatic rings. The molecule has 0 radical (unpaired) electrons. The van der Waals surface area contributed by atoms with Crippen LogP contribution in [0.15, 0.2) is 48.6 Å². The molecule has 0 aromatic carbocycles. The Morgan fingerprint density at radius 3 is 1.36 bits per heavy atom. The summed E-state index contributed by atoms with van der Waals surface area (Å²) in [7, 11) is 0. The maximum Gasteiger partial charge on any atom is 0.305 e. The number of unbranched alkanes of at least 4 members (excludes halogenated alkanes) is 15. The summed E-state index contributed by atoms with van der Waals surface area (Å²) in [6.45, 7) is 4.00. The number of hydrogen-bond acceptors (Lipinski definition) is 7. The topological polar surface area (TPSA) is 113 Å². The number of carbonyl (C=O) groups excluding carboxylic acids is 2. The molecule has 0 fully saturated rings. The van der Waals surface area contributed by atoms with Gasteiger partial charge in [0.05, 0.1) is 12.2 Å². The fraction of sp³-hybridized carbons (Fsp3) is 0.750. The third kappa shape index (κ3) is 34.9. The quantitative estimate of drug-likeness (QED) is 0.0364. The van der Waals surface area contributed by atoms with Crippen molar-refractivity contribution in [1.29, 1.82) is 0 Å². The molecule has 0 aliphatic heterocycles. The fourth-order valence-electron chi connectivity index (χ4n) is 5.06. The van der Waals surface area contributed by atoms with Crippen LogP contribution < -0.4 is 0 Å². The largest absolute Gasteiger partial charge is 0.463 e. The zero-order chi connectivity index (χ0) is 34.6. The van der Waals surface area contributed by atoms with Crippen LogP contribution in [0, 0.1) is 0 Å². The number of ether oxygens (including phenoxy) is 2. The summed E-state index contributed by atoms with van der Waals surface area (Å²) >= 11 is 0. The molecule has 0 saturated carbocycles. The monoisotopic (exact) mass is 663 g/mol. The minimum Gasteiger partial charge on any atom is -0.463 e. The summed E-state index contributed by atoms with van der Waals surface area (Å²) in [5, 5.41) is 29.9. The van der Waals surface area contributed by atoms with Crippen molar-refractivity contribution in [3.05, 3.63) is 48.6 Å². The van der Waals surface area contributed by atoms with Crippen molar-refractivity contribution in [2.45, 2.75) is 180 Å². The highest BCUT2D eigenvalue weighted by atomic mass is 16.6. The molecule has 3 atom stereocenters. The predicted molar refractivity (Wildman–Crippen MR) is 194 cm³/mol. The Morgan fingerprint density at radius 2 is 0.894 bits per heavy atom. The van der Waals surface area contributed by atoms with Gasteiger partial charge >= 0.3 is 11.9 Å². The van der Waals surface area contributed by atoms with Gasteiger partial charge in [-0.15, -0.1) is 0 Å². The number of aliphatic hydroxyl groups is 3. The lowest BCUT2D eigenvalue weighted by atomic mass is 10.0. The second-order valence-corrected chi connectivity index (χ2v) is 12.8. The molecular formula is C40H70O7. The molecule has 0 unspecified atom stereocenters. The first-order valence-corrected chi connectivity index (χ1v) is 18.9. The average molecular weight is 663 g/mol. The van der Waals surface area contributed by atoms with E-state index in [-0.39, 0.29) is 31.7 Å². The van der Waals surface area contributed by atoms with Gasteiger partial charge in [-0.2, -0.15) is 0 Å². The minimum absolute atomic E-state index is 0.137. The maximum atomic E-state index is 12.0. The van der Waals surface area contributed by atoms with Crippen LogP contribution in [-0.4, -0.2) is 58.8 Å². The van der Waals surface area contributed by atoms with E-state index in [1.165, 1.54) is 70.6 Å². The van der Waals surface area contributed by atoms with E-state index in [4.69, 9.17) is 9.47 Å². The summed E-state index contributed by atoms with van der Waals surface area (Å²) in [5.74, 6) is -0.785. The van der Waals surface area contributed by atoms with E-state index in [0.717, 1.165) is 51.4 Å². The van der Waals surface area contributed by atoms with E-state index in [9.17, 15) is 24.9 Å². The zero-order valence-electron chi connectivity index (χ0n) is 30.0. The zero-order valence-corrected chi connectivity index (χ0v) is 30.0. The average Bonchev–Trinajstić information content (AvgIpc) is 3.05. The number of esters is 2. The SMILES string of the molecule is CCCCCCCCCCCCCCCCC(=O)OC[C@@H](O)COC(=O)CCC[C@@H](O)/C=C/C=C\C/C=C\C=C\[C@@H](O)CCCCC. The van der Waals surface area contributed by atoms with Crippen LogP contribution in [0.2, 0.25) is 0 Å². The van der Waals surface area contributed by atoms with E-state index < -0.39 is 18.2 Å². The molecule has 0 bridgehead atoms. The molecule has 3 N–H and O–H groups in total. The van der Waals surface area contributed by atoms with Gasteiger partial charge in [-0.05, 0) is 32.1 Å². The highest BCUT2D eigenvalue weighted by Crippen LogP contribution is 2.14. The second-order valence-electron chi connectivity index (χ2n) is 12.8. The Labute approximate surface area is 287 Å². The van der Waals surface area contributed by atoms with Crippen LogP contribution in [0.5, 0.6) is 0 Å². The molecule has 0 aromatic rings. The van der Waals surface area contributed by atoms with E-state index in [0.29, 0.717) is 19.3 Å². The number of carbonyl (C=O) groups is 2. The van der Waals surface area contributed by atoms with Gasteiger partial charge in [0.25, 0.3) is 0 Å². The van der Waals surface area contributed by atoms with Gasteiger partial charge in [-0.1, -0.05) is 165 Å². The lowest BCUT2D eigenvalue weighted by molar-refractivity contribution is -0.152. The summed E-state index contributed by atoms with van der Waals surface area (Å²) in [5.41, 5.74) is 0. The fourth-order valence-corrected chi connectivity index (χ4v) is 5.06. The minimum atomic E-state index is -1.05. The van der Waals surface area contributed by atoms with E-state index >= 15 is 0 Å². The standard InChI is InChI=1S/C40H70O7/c1-3-5-7-8-9-10-11-12-13-14-15-19-22-26-32-39(44)46-34-38(43)35-47-40(45)33-27-31-37(42)30-25-21-18-16-17-20-24-29-36(41)28-23-6-4-2/h17-18,20-21,24-25,29-30,36-38,41-43H,3-16,19,22-23,26-28,31-35H2,1-2H3/b20-17-,21-18-,29-24+,30-25+/t36-,37-,38+/m0/s1. The first-order chi connectivity index (χ1) is 22.9. The van der Waals surface area contributed by atoms with Gasteiger partial charge in [0, 0.05) is 12.8 Å². The molecule has 0 heterocycles. The molecular weight excluding hydrogens is 592 g/mol. The number of allylic oxidation sites excluding steroid dienone is 6. The molecule has 7 nitrogen and oxygen atoms in total. The van der Waals surface area contributed by atoms with Crippen LogP contribution in [0.25, 0.3) is 0 Å². The van der Waals surface area contributed by atoms with E-state index in [1.54, 1.807) is 12.2 Å². The Hall–Kier alpha value is -2.22. The Balaban J connectivity index is 3.70. The highest BCUT2D eigenvalue weighted by Gasteiger charge is 2.12. The Morgan fingerprint density at radius 1 is 0.511 bits per heavy atom. The van der Waals surface area contributed by atoms with Crippen molar-refractivity contribution in [1.82, 2.24) is 0 Å². The third-order valence-electron chi connectivity index (χ3n) is 8.03. The van der Waals surface area contributed by atoms with Crippen LogP contribution in [0.1, 0.15) is 162 Å². The summed E-state index contributed by atoms with van der Waals surface area (Å²) < 4.78 is 10.2. The third-order valence-corrected chi connectivity index (χ3v) is 8.03. The van der Waals surface area contributed by atoms with E-state index in [2.05, 4.69) is 13.8 Å². The van der Waals surface area contributed by atoms with Crippen molar-refractivity contribution < 1.29 is 34.4 Å². The lowest BCUT2D eigenvalue weighted by Crippen LogP contribution is -2.25. The Kier molecular flexibility index (Phi) is 33.4. The smallest absolute Gasteiger partial charge is 0.305 e. The Bertz CT molecular complexity index is 832. The number of aliphatic hydroxyl groups excluding tert-OH is 3. The first-order valence-electron chi connectivity index (χ1n) is 18.9. The highest BCUT2D eigenvalue weighted by molar-refractivity contribution is 5.69. The summed E-state index contributed by atoms with van der Waals surface area (Å²) in [4.78, 5) is 23.9. The van der Waals surface area contributed by atoms with Crippen molar-refractivity contribution in [2.75, 3.05) is 13.2 Å². The maximum absolute atomic E-state index is 12.0. The molecule has 0 aromatic heterocycles. The van der Waals surface area contributed by atoms with Crippen molar-refractivity contribution >= 4 is 11.9 Å². The number of rotatable bonds is 33. The second kappa shape index (κ2) is 35.1. The van der Waals surface area contributed by atoms with Gasteiger partial charge < -0.3 is 24.8 Å². The van der Waals surface area contributed by atoms with Crippen LogP contribution in [-0.2, 0) is 19.1 Å². The lowest BCUT2D eigenvalue weighted by Gasteiger charge is -2.12. The molecule has 272 valence electrons. The van der Waals surface area contributed by atoms with E-state index in [1.807, 2.05) is 36.5 Å². The normalized spacial score (nSPS) is 14.1. The molecule has 0 amide bonds. The van der Waals surface area contributed by atoms with Crippen molar-refractivity contribution in [3.8, 4) is 0 Å². The molecule has 0 saturated heterocycles. The van der Waals surface area contributed by atoms with Gasteiger partial charge in [0.15, 0.2) is 0 Å². The first kappa shape index (κ1) is 44.8. The molecule has 0 aliphatic carbocycles. The van der Waals surface area contributed by atoms with Crippen LogP contribution in [0.3, 0.4) is 0 Å². The molecule has 0 spiro atoms. The molecule has 0 rings (SSSR count). The van der Waals surface area contributed by atoms with Gasteiger partial charge in [0.1, 0.15) is 19.3 Å². The van der Waals surface area contributed by atoms with Gasteiger partial charge in [0.2, 0.25) is 0 Å². The summed E-state index contributed by atoms with van der Waals surface area (Å²) in [6, 6.07) is 0. The van der Waals surface area contributed by atoms with Crippen LogP contribution in [0.4, 0.5) is 0 Å². The van der Waals surface area contributed by atoms with Crippen molar-refractivity contribution in [2.24, 2.45) is 0 Å². The predicted octanol–water partition coefficient (Wildman–Crippen LogP) is 9.39. The molecule has 7 heteroatoms. The van der Waals surface area contributed by atoms with Crippen LogP contribution >= 0.6 is 0 Å². The van der Waals surface area contributed by atoms with Crippen molar-refractivity contribution in [3.63, 3.8) is 0 Å².